The van der Waals surface area contributed by atoms with E-state index in [1.165, 1.54) is 13.0 Å². The molecule has 0 aliphatic carbocycles. The van der Waals surface area contributed by atoms with Crippen molar-refractivity contribution in [3.05, 3.63) is 42.0 Å². The van der Waals surface area contributed by atoms with Crippen LogP contribution in [-0.4, -0.2) is 24.1 Å². The monoisotopic (exact) mass is 318 g/mol. The normalized spacial score (nSPS) is 12.2. The average Bonchev–Trinajstić information content (AvgIpc) is 2.40. The quantitative estimate of drug-likeness (QED) is 0.643. The van der Waals surface area contributed by atoms with Crippen molar-refractivity contribution in [2.24, 2.45) is 0 Å². The van der Waals surface area contributed by atoms with E-state index in [1.807, 2.05) is 0 Å². The van der Waals surface area contributed by atoms with Crippen LogP contribution in [0.15, 0.2) is 36.4 Å². The van der Waals surface area contributed by atoms with Gasteiger partial charge in [0.15, 0.2) is 0 Å². The zero-order valence-electron chi connectivity index (χ0n) is 10.6. The number of rotatable bonds is 3. The van der Waals surface area contributed by atoms with Crippen molar-refractivity contribution in [1.29, 1.82) is 0 Å². The molecule has 0 aliphatic rings. The minimum atomic E-state index is -5.75. The molecule has 1 aromatic heterocycles. The number of alkyl halides is 3. The fourth-order valence-electron chi connectivity index (χ4n) is 1.46. The van der Waals surface area contributed by atoms with Gasteiger partial charge in [-0.25, -0.2) is 0 Å². The van der Waals surface area contributed by atoms with Gasteiger partial charge < -0.3 is 4.18 Å². The SMILES string of the molecule is Cc1cc(-c2ccccc2)nnc1OS(=O)(=O)C(F)(F)F. The van der Waals surface area contributed by atoms with Crippen molar-refractivity contribution in [1.82, 2.24) is 10.2 Å². The molecule has 0 unspecified atom stereocenters. The first-order valence-electron chi connectivity index (χ1n) is 5.61. The van der Waals surface area contributed by atoms with Gasteiger partial charge in [0.1, 0.15) is 0 Å². The van der Waals surface area contributed by atoms with Crippen molar-refractivity contribution in [2.45, 2.75) is 12.4 Å². The van der Waals surface area contributed by atoms with Crippen LogP contribution in [0.5, 0.6) is 5.88 Å². The molecule has 9 heteroatoms. The largest absolute Gasteiger partial charge is 0.534 e. The first-order valence-corrected chi connectivity index (χ1v) is 7.02. The Morgan fingerprint density at radius 3 is 2.24 bits per heavy atom. The molecule has 0 spiro atoms. The third-order valence-electron chi connectivity index (χ3n) is 2.48. The van der Waals surface area contributed by atoms with Crippen LogP contribution in [-0.2, 0) is 10.1 Å². The summed E-state index contributed by atoms with van der Waals surface area (Å²) in [6.45, 7) is 1.38. The van der Waals surface area contributed by atoms with Crippen LogP contribution in [0.2, 0.25) is 0 Å². The van der Waals surface area contributed by atoms with E-state index in [1.54, 1.807) is 30.3 Å². The molecule has 5 nitrogen and oxygen atoms in total. The topological polar surface area (TPSA) is 69.2 Å². The predicted octanol–water partition coefficient (Wildman–Crippen LogP) is 2.68. The van der Waals surface area contributed by atoms with Gasteiger partial charge in [0.2, 0.25) is 0 Å². The Morgan fingerprint density at radius 2 is 1.71 bits per heavy atom. The van der Waals surface area contributed by atoms with Gasteiger partial charge in [-0.05, 0) is 13.0 Å². The van der Waals surface area contributed by atoms with E-state index in [2.05, 4.69) is 14.4 Å². The maximum Gasteiger partial charge on any atom is 0.534 e. The molecule has 0 saturated carbocycles. The Balaban J connectivity index is 2.34. The summed E-state index contributed by atoms with van der Waals surface area (Å²) in [7, 11) is -5.75. The Morgan fingerprint density at radius 1 is 1.10 bits per heavy atom. The average molecular weight is 318 g/mol. The van der Waals surface area contributed by atoms with Crippen LogP contribution in [0.25, 0.3) is 11.3 Å². The number of hydrogen-bond donors (Lipinski definition) is 0. The second-order valence-electron chi connectivity index (χ2n) is 4.07. The molecule has 1 aromatic carbocycles. The molecule has 0 radical (unpaired) electrons. The van der Waals surface area contributed by atoms with Crippen molar-refractivity contribution < 1.29 is 25.8 Å². The van der Waals surface area contributed by atoms with Crippen LogP contribution >= 0.6 is 0 Å². The van der Waals surface area contributed by atoms with Gasteiger partial charge in [0.05, 0.1) is 5.69 Å². The number of aryl methyl sites for hydroxylation is 1. The summed E-state index contributed by atoms with van der Waals surface area (Å²) in [5.74, 6) is -0.702. The summed E-state index contributed by atoms with van der Waals surface area (Å²) in [6.07, 6.45) is 0. The molecule has 0 fully saturated rings. The van der Waals surface area contributed by atoms with Gasteiger partial charge >= 0.3 is 15.6 Å². The minimum Gasteiger partial charge on any atom is -0.353 e. The third kappa shape index (κ3) is 3.30. The summed E-state index contributed by atoms with van der Waals surface area (Å²) in [4.78, 5) is 0. The third-order valence-corrected chi connectivity index (χ3v) is 3.43. The Kier molecular flexibility index (Phi) is 3.86. The molecule has 0 saturated heterocycles. The standard InChI is InChI=1S/C12H9F3N2O3S/c1-8-7-10(9-5-3-2-4-6-9)16-17-11(8)20-21(18,19)12(13,14)15/h2-7H,1H3. The maximum absolute atomic E-state index is 12.2. The van der Waals surface area contributed by atoms with E-state index in [-0.39, 0.29) is 5.56 Å². The molecule has 2 rings (SSSR count). The Labute approximate surface area is 118 Å². The van der Waals surface area contributed by atoms with E-state index in [9.17, 15) is 21.6 Å². The van der Waals surface area contributed by atoms with Crippen LogP contribution in [0.1, 0.15) is 5.56 Å². The lowest BCUT2D eigenvalue weighted by atomic mass is 10.1. The lowest BCUT2D eigenvalue weighted by molar-refractivity contribution is -0.0501. The molecular weight excluding hydrogens is 309 g/mol. The van der Waals surface area contributed by atoms with E-state index >= 15 is 0 Å². The smallest absolute Gasteiger partial charge is 0.353 e. The fraction of sp³-hybridized carbons (Fsp3) is 0.167. The predicted molar refractivity (Wildman–Crippen MR) is 67.8 cm³/mol. The molecule has 0 bridgehead atoms. The summed E-state index contributed by atoms with van der Waals surface area (Å²) < 4.78 is 62.5. The van der Waals surface area contributed by atoms with E-state index in [0.717, 1.165) is 0 Å². The summed E-state index contributed by atoms with van der Waals surface area (Å²) >= 11 is 0. The summed E-state index contributed by atoms with van der Waals surface area (Å²) in [6, 6.07) is 10.2. The van der Waals surface area contributed by atoms with Gasteiger partial charge in [0, 0.05) is 11.1 Å². The molecule has 0 amide bonds. The highest BCUT2D eigenvalue weighted by Crippen LogP contribution is 2.28. The van der Waals surface area contributed by atoms with Crippen molar-refractivity contribution >= 4 is 10.1 Å². The van der Waals surface area contributed by atoms with Gasteiger partial charge in [-0.15, -0.1) is 10.2 Å². The van der Waals surface area contributed by atoms with Crippen LogP contribution in [0.3, 0.4) is 0 Å². The highest BCUT2D eigenvalue weighted by molar-refractivity contribution is 7.87. The summed E-state index contributed by atoms with van der Waals surface area (Å²) in [5, 5.41) is 7.07. The van der Waals surface area contributed by atoms with Crippen molar-refractivity contribution in [3.8, 4) is 17.1 Å². The first kappa shape index (κ1) is 15.2. The Hall–Kier alpha value is -2.16. The molecule has 0 atom stereocenters. The van der Waals surface area contributed by atoms with Gasteiger partial charge in [-0.1, -0.05) is 30.3 Å². The lowest BCUT2D eigenvalue weighted by Crippen LogP contribution is -2.28. The second-order valence-corrected chi connectivity index (χ2v) is 5.60. The van der Waals surface area contributed by atoms with Gasteiger partial charge in [-0.3, -0.25) is 0 Å². The van der Waals surface area contributed by atoms with Crippen molar-refractivity contribution in [3.63, 3.8) is 0 Å². The number of benzene rings is 1. The number of aromatic nitrogens is 2. The van der Waals surface area contributed by atoms with E-state index in [0.29, 0.717) is 11.3 Å². The van der Waals surface area contributed by atoms with Crippen LogP contribution < -0.4 is 4.18 Å². The zero-order valence-corrected chi connectivity index (χ0v) is 11.4. The molecule has 0 aliphatic heterocycles. The fourth-order valence-corrected chi connectivity index (χ4v) is 1.92. The number of halogens is 3. The van der Waals surface area contributed by atoms with Gasteiger partial charge in [0.25, 0.3) is 5.88 Å². The Bertz CT molecular complexity index is 746. The zero-order chi connectivity index (χ0) is 15.7. The number of hydrogen-bond acceptors (Lipinski definition) is 5. The van der Waals surface area contributed by atoms with Crippen LogP contribution in [0.4, 0.5) is 13.2 Å². The lowest BCUT2D eigenvalue weighted by Gasteiger charge is -2.10. The molecule has 2 aromatic rings. The molecule has 112 valence electrons. The molecular formula is C12H9F3N2O3S. The number of nitrogens with zero attached hydrogens (tertiary/aromatic N) is 2. The molecule has 1 heterocycles. The second kappa shape index (κ2) is 5.32. The van der Waals surface area contributed by atoms with Crippen molar-refractivity contribution in [2.75, 3.05) is 0 Å². The maximum atomic E-state index is 12.2. The van der Waals surface area contributed by atoms with Crippen LogP contribution in [0, 0.1) is 6.92 Å². The highest BCUT2D eigenvalue weighted by Gasteiger charge is 2.49. The first-order chi connectivity index (χ1) is 9.71. The van der Waals surface area contributed by atoms with E-state index < -0.39 is 21.5 Å². The molecule has 0 N–H and O–H groups in total. The summed E-state index contributed by atoms with van der Waals surface area (Å²) in [5.41, 5.74) is -4.31. The van der Waals surface area contributed by atoms with Gasteiger partial charge in [-0.2, -0.15) is 21.6 Å². The van der Waals surface area contributed by atoms with E-state index in [4.69, 9.17) is 0 Å². The minimum absolute atomic E-state index is 0.122. The molecule has 21 heavy (non-hydrogen) atoms. The highest BCUT2D eigenvalue weighted by atomic mass is 32.2.